The number of pyridine rings is 1. The molecule has 18 nitrogen and oxygen atoms in total. The summed E-state index contributed by atoms with van der Waals surface area (Å²) >= 11 is 0. The maximum atomic E-state index is 14.5. The summed E-state index contributed by atoms with van der Waals surface area (Å²) < 4.78 is 4.60. The van der Waals surface area contributed by atoms with Crippen molar-refractivity contribution >= 4 is 53.2 Å². The molecule has 0 aromatic carbocycles. The molecular weight excluding hydrogens is 780 g/mol. The molecule has 60 heavy (non-hydrogen) atoms. The predicted molar refractivity (Wildman–Crippen MR) is 214 cm³/mol. The van der Waals surface area contributed by atoms with E-state index in [4.69, 9.17) is 0 Å². The molecule has 6 N–H and O–H groups in total. The highest BCUT2D eigenvalue weighted by Gasteiger charge is 2.46. The summed E-state index contributed by atoms with van der Waals surface area (Å²) in [6.07, 6.45) is 12.1. The Balaban J connectivity index is 1.57. The van der Waals surface area contributed by atoms with Gasteiger partial charge in [0.2, 0.25) is 23.6 Å². The van der Waals surface area contributed by atoms with Crippen LogP contribution in [0.2, 0.25) is 0 Å². The smallest absolute Gasteiger partial charge is 0.338 e. The van der Waals surface area contributed by atoms with Gasteiger partial charge < -0.3 is 41.1 Å². The Morgan fingerprint density at radius 2 is 1.47 bits per heavy atom. The Bertz CT molecular complexity index is 1810. The Labute approximate surface area is 349 Å². The zero-order valence-corrected chi connectivity index (χ0v) is 34.7. The van der Waals surface area contributed by atoms with Crippen molar-refractivity contribution in [2.45, 2.75) is 134 Å². The van der Waals surface area contributed by atoms with Gasteiger partial charge in [-0.25, -0.2) is 14.4 Å². The third-order valence-corrected chi connectivity index (χ3v) is 11.5. The minimum absolute atomic E-state index is 0.0657. The topological polar surface area (TPSA) is 268 Å². The third kappa shape index (κ3) is 12.7. The van der Waals surface area contributed by atoms with Crippen LogP contribution in [-0.2, 0) is 38.3 Å². The second kappa shape index (κ2) is 21.5. The number of Topliss-reactive ketones (excluding diaryl/α,β-unsaturated/α-hetero) is 1. The van der Waals surface area contributed by atoms with Gasteiger partial charge in [0.05, 0.1) is 24.8 Å². The number of esters is 1. The van der Waals surface area contributed by atoms with E-state index in [1.165, 1.54) is 25.4 Å². The Morgan fingerprint density at radius 1 is 0.850 bits per heavy atom. The highest BCUT2D eigenvalue weighted by Crippen LogP contribution is 2.30. The summed E-state index contributed by atoms with van der Waals surface area (Å²) in [6, 6.07) is -5.16. The first-order chi connectivity index (χ1) is 28.4. The molecule has 3 aliphatic rings. The molecular formula is C42H58N6O12. The van der Waals surface area contributed by atoms with Gasteiger partial charge in [-0.15, -0.1) is 0 Å². The van der Waals surface area contributed by atoms with Crippen molar-refractivity contribution in [1.29, 1.82) is 0 Å². The number of carboxylic acid groups (broad SMARTS) is 2. The summed E-state index contributed by atoms with van der Waals surface area (Å²) in [5.74, 6) is -8.17. The lowest BCUT2D eigenvalue weighted by molar-refractivity contribution is -0.146. The molecule has 0 radical (unpaired) electrons. The lowest BCUT2D eigenvalue weighted by Gasteiger charge is -2.37. The van der Waals surface area contributed by atoms with Gasteiger partial charge in [-0.2, -0.15) is 0 Å². The van der Waals surface area contributed by atoms with Gasteiger partial charge in [-0.3, -0.25) is 33.8 Å². The maximum absolute atomic E-state index is 14.5. The van der Waals surface area contributed by atoms with Crippen molar-refractivity contribution in [3.63, 3.8) is 0 Å². The number of nitrogens with zero attached hydrogens (tertiary/aromatic N) is 2. The lowest BCUT2D eigenvalue weighted by atomic mass is 9.81. The molecule has 1 aromatic heterocycles. The first-order valence-electron chi connectivity index (χ1n) is 20.6. The number of methoxy groups -OCH3 is 1. The number of nitrogens with one attached hydrogen (secondary N) is 4. The molecule has 0 unspecified atom stereocenters. The summed E-state index contributed by atoms with van der Waals surface area (Å²) in [4.78, 5) is 124. The van der Waals surface area contributed by atoms with Crippen LogP contribution in [0, 0.1) is 17.3 Å². The first kappa shape index (κ1) is 47.0. The lowest BCUT2D eigenvalue weighted by Crippen LogP contribution is -2.62. The van der Waals surface area contributed by atoms with Gasteiger partial charge >= 0.3 is 17.9 Å². The molecule has 328 valence electrons. The standard InChI is InChI=1S/C42H58N6O12/c1-42(2,3)34(47-36(52)29(17-11-12-18-31(50)60-4)44-35(51)27-19-20-43-22-28(27)40(56)57)39(55)48-23-26(49)21-30(48)37(53)45-32(24-13-7-5-8-14-24)38(54)46-33(41(58)59)25-15-9-6-10-16-25/h12,18-20,22,24-25,29-30,32-34H,5-11,13-17,21,23H2,1-4H3,(H,44,51)(H,45,53)(H,46,54)(H,47,52)(H,56,57)(H,58,59)/b18-12+/t29-,30-,32-,33-,34+/m0/s1. The molecule has 1 aromatic rings. The van der Waals surface area contributed by atoms with E-state index in [1.54, 1.807) is 20.8 Å². The Hall–Kier alpha value is -5.68. The van der Waals surface area contributed by atoms with Gasteiger partial charge in [0.15, 0.2) is 5.78 Å². The molecule has 5 atom stereocenters. The normalized spacial score (nSPS) is 19.7. The number of amides is 5. The maximum Gasteiger partial charge on any atom is 0.338 e. The summed E-state index contributed by atoms with van der Waals surface area (Å²) in [5, 5.41) is 30.4. The average molecular weight is 839 g/mol. The number of carbonyl (C=O) groups is 9. The summed E-state index contributed by atoms with van der Waals surface area (Å²) in [7, 11) is 1.19. The van der Waals surface area contributed by atoms with E-state index in [1.807, 2.05) is 0 Å². The van der Waals surface area contributed by atoms with E-state index < -0.39 is 101 Å². The number of hydrogen-bond donors (Lipinski definition) is 6. The van der Waals surface area contributed by atoms with Crippen LogP contribution in [0.5, 0.6) is 0 Å². The van der Waals surface area contributed by atoms with E-state index in [0.29, 0.717) is 25.7 Å². The highest BCUT2D eigenvalue weighted by atomic mass is 16.5. The third-order valence-electron chi connectivity index (χ3n) is 11.5. The molecule has 2 saturated carbocycles. The number of carbonyl (C=O) groups excluding carboxylic acids is 7. The van der Waals surface area contributed by atoms with Crippen molar-refractivity contribution in [3.05, 3.63) is 41.7 Å². The van der Waals surface area contributed by atoms with Crippen LogP contribution in [0.3, 0.4) is 0 Å². The number of ketones is 1. The highest BCUT2D eigenvalue weighted by molar-refractivity contribution is 6.06. The number of likely N-dealkylation sites (tertiary alicyclic amines) is 1. The average Bonchev–Trinajstić information content (AvgIpc) is 3.63. The van der Waals surface area contributed by atoms with E-state index in [0.717, 1.165) is 55.7 Å². The fraction of sp³-hybridized carbons (Fsp3) is 0.619. The quantitative estimate of drug-likeness (QED) is 0.0973. The second-order valence-electron chi connectivity index (χ2n) is 16.9. The van der Waals surface area contributed by atoms with Gasteiger partial charge in [-0.1, -0.05) is 65.4 Å². The van der Waals surface area contributed by atoms with Crippen molar-refractivity contribution in [1.82, 2.24) is 31.2 Å². The van der Waals surface area contributed by atoms with Crippen LogP contribution in [0.15, 0.2) is 30.6 Å². The van der Waals surface area contributed by atoms with Crippen molar-refractivity contribution < 1.29 is 58.1 Å². The summed E-state index contributed by atoms with van der Waals surface area (Å²) in [5.41, 5.74) is -1.73. The van der Waals surface area contributed by atoms with Crippen LogP contribution in [0.4, 0.5) is 0 Å². The molecule has 4 rings (SSSR count). The number of ether oxygens (including phenoxy) is 1. The van der Waals surface area contributed by atoms with Crippen molar-refractivity contribution in [2.75, 3.05) is 13.7 Å². The monoisotopic (exact) mass is 838 g/mol. The van der Waals surface area contributed by atoms with Gasteiger partial charge in [0.1, 0.15) is 30.2 Å². The van der Waals surface area contributed by atoms with E-state index in [9.17, 15) is 53.4 Å². The van der Waals surface area contributed by atoms with Crippen LogP contribution < -0.4 is 21.3 Å². The number of rotatable bonds is 17. The fourth-order valence-electron chi connectivity index (χ4n) is 8.20. The van der Waals surface area contributed by atoms with Crippen LogP contribution in [0.1, 0.15) is 125 Å². The van der Waals surface area contributed by atoms with Crippen molar-refractivity contribution in [2.24, 2.45) is 17.3 Å². The van der Waals surface area contributed by atoms with Gasteiger partial charge in [0, 0.05) is 24.9 Å². The zero-order chi connectivity index (χ0) is 44.1. The van der Waals surface area contributed by atoms with Gasteiger partial charge in [0.25, 0.3) is 5.91 Å². The molecule has 5 amide bonds. The molecule has 18 heteroatoms. The van der Waals surface area contributed by atoms with E-state index in [-0.39, 0.29) is 36.7 Å². The number of allylic oxidation sites excluding steroid dienone is 1. The number of carboxylic acids is 2. The minimum Gasteiger partial charge on any atom is -0.480 e. The van der Waals surface area contributed by atoms with Crippen molar-refractivity contribution in [3.8, 4) is 0 Å². The van der Waals surface area contributed by atoms with E-state index in [2.05, 4.69) is 31.0 Å². The number of aromatic carboxylic acids is 1. The molecule has 1 aliphatic heterocycles. The molecule has 0 bridgehead atoms. The number of hydrogen-bond acceptors (Lipinski definition) is 11. The number of aromatic nitrogens is 1. The second-order valence-corrected chi connectivity index (χ2v) is 16.9. The van der Waals surface area contributed by atoms with Crippen LogP contribution >= 0.6 is 0 Å². The molecule has 3 fully saturated rings. The predicted octanol–water partition coefficient (Wildman–Crippen LogP) is 2.30. The Kier molecular flexibility index (Phi) is 16.9. The van der Waals surface area contributed by atoms with E-state index >= 15 is 0 Å². The number of aliphatic carboxylic acids is 1. The van der Waals surface area contributed by atoms with Gasteiger partial charge in [-0.05, 0) is 61.8 Å². The Morgan fingerprint density at radius 3 is 2.03 bits per heavy atom. The largest absolute Gasteiger partial charge is 0.480 e. The molecule has 2 aliphatic carbocycles. The first-order valence-corrected chi connectivity index (χ1v) is 20.6. The van der Waals surface area contributed by atoms with Crippen LogP contribution in [-0.4, -0.2) is 117 Å². The fourth-order valence-corrected chi connectivity index (χ4v) is 8.20. The SMILES string of the molecule is COC(=O)/C=C/CC[C@H](NC(=O)c1ccncc1C(=O)O)C(=O)N[C@H](C(=O)N1CC(=O)C[C@H]1C(=O)N[C@H](C(=O)N[C@H](C(=O)O)C1CCCCC1)C1CCCCC1)C(C)(C)C. The summed E-state index contributed by atoms with van der Waals surface area (Å²) in [6.45, 7) is 4.50. The minimum atomic E-state index is -1.43. The van der Waals surface area contributed by atoms with Crippen LogP contribution in [0.25, 0.3) is 0 Å². The zero-order valence-electron chi connectivity index (χ0n) is 34.7. The molecule has 1 saturated heterocycles. The molecule has 2 heterocycles. The molecule has 0 spiro atoms.